The number of carbonyl (C=O) groups is 1. The lowest BCUT2D eigenvalue weighted by Crippen LogP contribution is -2.31. The highest BCUT2D eigenvalue weighted by atomic mass is 31.2. The zero-order valence-electron chi connectivity index (χ0n) is 9.94. The van der Waals surface area contributed by atoms with Crippen molar-refractivity contribution in [3.8, 4) is 11.5 Å². The first-order valence-electron chi connectivity index (χ1n) is 5.35. The van der Waals surface area contributed by atoms with E-state index in [0.29, 0.717) is 18.5 Å². The van der Waals surface area contributed by atoms with Crippen LogP contribution in [0.4, 0.5) is 0 Å². The molecule has 0 radical (unpaired) electrons. The van der Waals surface area contributed by atoms with Gasteiger partial charge in [0.15, 0.2) is 11.5 Å². The molecular weight excluding hydrogens is 275 g/mol. The summed E-state index contributed by atoms with van der Waals surface area (Å²) < 4.78 is 14.9. The predicted octanol–water partition coefficient (Wildman–Crippen LogP) is -0.519. The molecule has 0 unspecified atom stereocenters. The van der Waals surface area contributed by atoms with E-state index in [9.17, 15) is 14.5 Å². The fraction of sp³-hybridized carbons (Fsp3) is 0.300. The number of nitrogens with two attached hydrogens (primary N) is 1. The fourth-order valence-electron chi connectivity index (χ4n) is 1.34. The number of rotatable bonds is 6. The first kappa shape index (κ1) is 15.5. The smallest absolute Gasteiger partial charge is 0.504 e. The Balaban J connectivity index is 2.61. The van der Waals surface area contributed by atoms with Gasteiger partial charge in [-0.25, -0.2) is 4.57 Å². The van der Waals surface area contributed by atoms with Gasteiger partial charge in [0.1, 0.15) is 0 Å². The van der Waals surface area contributed by atoms with Gasteiger partial charge in [-0.15, -0.1) is 0 Å². The van der Waals surface area contributed by atoms with E-state index in [4.69, 9.17) is 15.5 Å². The second-order valence-electron chi connectivity index (χ2n) is 3.69. The SMILES string of the molecule is NCC(=O)NCCc1ccc(OP(=O)(O)O)c(O)c1. The second kappa shape index (κ2) is 6.53. The Bertz CT molecular complexity index is 501. The lowest BCUT2D eigenvalue weighted by atomic mass is 10.1. The first-order chi connectivity index (χ1) is 8.81. The molecule has 8 nitrogen and oxygen atoms in total. The minimum Gasteiger partial charge on any atom is -0.504 e. The summed E-state index contributed by atoms with van der Waals surface area (Å²) in [6, 6.07) is 4.08. The fourth-order valence-corrected chi connectivity index (χ4v) is 1.75. The Morgan fingerprint density at radius 2 is 2.11 bits per heavy atom. The van der Waals surface area contributed by atoms with Crippen molar-refractivity contribution in [2.45, 2.75) is 6.42 Å². The van der Waals surface area contributed by atoms with Gasteiger partial charge in [0.2, 0.25) is 5.91 Å². The topological polar surface area (TPSA) is 142 Å². The summed E-state index contributed by atoms with van der Waals surface area (Å²) in [6.45, 7) is 0.245. The quantitative estimate of drug-likeness (QED) is 0.444. The van der Waals surface area contributed by atoms with Crippen molar-refractivity contribution >= 4 is 13.7 Å². The second-order valence-corrected chi connectivity index (χ2v) is 4.85. The molecule has 6 N–H and O–H groups in total. The Morgan fingerprint density at radius 3 is 2.63 bits per heavy atom. The van der Waals surface area contributed by atoms with Crippen molar-refractivity contribution in [1.29, 1.82) is 0 Å². The normalized spacial score (nSPS) is 11.1. The molecule has 19 heavy (non-hydrogen) atoms. The van der Waals surface area contributed by atoms with Crippen LogP contribution in [0.15, 0.2) is 18.2 Å². The summed E-state index contributed by atoms with van der Waals surface area (Å²) in [6.07, 6.45) is 0.440. The Kier molecular flexibility index (Phi) is 5.31. The van der Waals surface area contributed by atoms with Crippen molar-refractivity contribution in [3.63, 3.8) is 0 Å². The van der Waals surface area contributed by atoms with Gasteiger partial charge in [-0.05, 0) is 24.1 Å². The lowest BCUT2D eigenvalue weighted by molar-refractivity contribution is -0.119. The van der Waals surface area contributed by atoms with Gasteiger partial charge in [-0.3, -0.25) is 14.6 Å². The molecule has 9 heteroatoms. The van der Waals surface area contributed by atoms with Gasteiger partial charge < -0.3 is 20.7 Å². The highest BCUT2D eigenvalue weighted by molar-refractivity contribution is 7.46. The van der Waals surface area contributed by atoms with E-state index in [0.717, 1.165) is 0 Å². The molecule has 0 aromatic heterocycles. The summed E-state index contributed by atoms with van der Waals surface area (Å²) >= 11 is 0. The van der Waals surface area contributed by atoms with Crippen LogP contribution < -0.4 is 15.6 Å². The van der Waals surface area contributed by atoms with Crippen LogP contribution in [0.3, 0.4) is 0 Å². The molecule has 0 spiro atoms. The molecule has 0 saturated heterocycles. The number of carbonyl (C=O) groups excluding carboxylic acids is 1. The van der Waals surface area contributed by atoms with Crippen molar-refractivity contribution in [2.24, 2.45) is 5.73 Å². The van der Waals surface area contributed by atoms with Gasteiger partial charge in [-0.2, -0.15) is 0 Å². The van der Waals surface area contributed by atoms with Crippen LogP contribution in [0.1, 0.15) is 5.56 Å². The molecule has 0 saturated carbocycles. The van der Waals surface area contributed by atoms with Crippen molar-refractivity contribution in [3.05, 3.63) is 23.8 Å². The third kappa shape index (κ3) is 5.71. The summed E-state index contributed by atoms with van der Waals surface area (Å²) in [5, 5.41) is 12.1. The summed E-state index contributed by atoms with van der Waals surface area (Å²) in [5.41, 5.74) is 5.79. The molecule has 0 aliphatic rings. The third-order valence-corrected chi connectivity index (χ3v) is 2.60. The van der Waals surface area contributed by atoms with E-state index in [1.165, 1.54) is 18.2 Å². The molecule has 1 aromatic rings. The molecule has 1 amide bonds. The summed E-state index contributed by atoms with van der Waals surface area (Å²) in [4.78, 5) is 28.1. The number of phosphoric ester groups is 1. The zero-order valence-corrected chi connectivity index (χ0v) is 10.8. The minimum absolute atomic E-state index is 0.0969. The average Bonchev–Trinajstić information content (AvgIpc) is 2.31. The van der Waals surface area contributed by atoms with Crippen LogP contribution in [0, 0.1) is 0 Å². The van der Waals surface area contributed by atoms with Gasteiger partial charge in [-0.1, -0.05) is 6.07 Å². The lowest BCUT2D eigenvalue weighted by Gasteiger charge is -2.10. The van der Waals surface area contributed by atoms with Gasteiger partial charge in [0.25, 0.3) is 0 Å². The molecule has 106 valence electrons. The van der Waals surface area contributed by atoms with Crippen molar-refractivity contribution in [2.75, 3.05) is 13.1 Å². The highest BCUT2D eigenvalue weighted by Crippen LogP contribution is 2.41. The molecule has 0 fully saturated rings. The van der Waals surface area contributed by atoms with Crippen molar-refractivity contribution in [1.82, 2.24) is 5.32 Å². The Labute approximate surface area is 109 Å². The van der Waals surface area contributed by atoms with Gasteiger partial charge in [0, 0.05) is 6.54 Å². The third-order valence-electron chi connectivity index (χ3n) is 2.16. The van der Waals surface area contributed by atoms with Crippen LogP contribution in [-0.2, 0) is 15.8 Å². The van der Waals surface area contributed by atoms with Crippen LogP contribution in [0.25, 0.3) is 0 Å². The number of phenols is 1. The molecule has 1 aromatic carbocycles. The van der Waals surface area contributed by atoms with Gasteiger partial charge in [0.05, 0.1) is 6.54 Å². The maximum Gasteiger partial charge on any atom is 0.524 e. The van der Waals surface area contributed by atoms with Crippen LogP contribution in [0.5, 0.6) is 11.5 Å². The van der Waals surface area contributed by atoms with Crippen LogP contribution in [0.2, 0.25) is 0 Å². The maximum atomic E-state index is 10.9. The molecule has 0 heterocycles. The van der Waals surface area contributed by atoms with E-state index in [2.05, 4.69) is 9.84 Å². The molecule has 0 bridgehead atoms. The first-order valence-corrected chi connectivity index (χ1v) is 6.88. The number of benzene rings is 1. The predicted molar refractivity (Wildman–Crippen MR) is 66.5 cm³/mol. The number of phosphoric acid groups is 1. The molecule has 1 rings (SSSR count). The number of phenolic OH excluding ortho intramolecular Hbond substituents is 1. The van der Waals surface area contributed by atoms with Crippen LogP contribution >= 0.6 is 7.82 Å². The van der Waals surface area contributed by atoms with E-state index in [1.54, 1.807) is 0 Å². The Morgan fingerprint density at radius 1 is 1.42 bits per heavy atom. The van der Waals surface area contributed by atoms with E-state index >= 15 is 0 Å². The monoisotopic (exact) mass is 290 g/mol. The number of nitrogens with one attached hydrogen (secondary N) is 1. The Hall–Kier alpha value is -1.60. The van der Waals surface area contributed by atoms with Crippen LogP contribution in [-0.4, -0.2) is 33.9 Å². The summed E-state index contributed by atoms with van der Waals surface area (Å²) in [7, 11) is -4.70. The molecule has 0 atom stereocenters. The van der Waals surface area contributed by atoms with Crippen molar-refractivity contribution < 1.29 is 28.8 Å². The number of hydrogen-bond donors (Lipinski definition) is 5. The molecule has 0 aliphatic carbocycles. The number of hydrogen-bond acceptors (Lipinski definition) is 5. The largest absolute Gasteiger partial charge is 0.524 e. The average molecular weight is 290 g/mol. The number of aromatic hydroxyl groups is 1. The summed E-state index contributed by atoms with van der Waals surface area (Å²) in [5.74, 6) is -0.972. The molecule has 0 aliphatic heterocycles. The minimum atomic E-state index is -4.70. The standard InChI is InChI=1S/C10H15N2O6P/c11-6-10(14)12-4-3-7-1-2-9(8(13)5-7)18-19(15,16)17/h1-2,5,13H,3-4,6,11H2,(H,12,14)(H2,15,16,17). The van der Waals surface area contributed by atoms with E-state index in [1.807, 2.05) is 0 Å². The zero-order chi connectivity index (χ0) is 14.5. The van der Waals surface area contributed by atoms with E-state index in [-0.39, 0.29) is 24.0 Å². The van der Waals surface area contributed by atoms with E-state index < -0.39 is 7.82 Å². The number of amides is 1. The highest BCUT2D eigenvalue weighted by Gasteiger charge is 2.18. The molecular formula is C10H15N2O6P. The maximum absolute atomic E-state index is 10.9. The van der Waals surface area contributed by atoms with Gasteiger partial charge >= 0.3 is 7.82 Å².